The highest BCUT2D eigenvalue weighted by atomic mass is 16.2. The van der Waals surface area contributed by atoms with E-state index in [-0.39, 0.29) is 17.5 Å². The van der Waals surface area contributed by atoms with Gasteiger partial charge in [0.2, 0.25) is 5.91 Å². The molecule has 0 saturated carbocycles. The first-order chi connectivity index (χ1) is 10.9. The van der Waals surface area contributed by atoms with E-state index in [1.54, 1.807) is 0 Å². The Hall–Kier alpha value is -1.90. The molecule has 0 aromatic heterocycles. The molecule has 5 nitrogen and oxygen atoms in total. The van der Waals surface area contributed by atoms with E-state index < -0.39 is 0 Å². The lowest BCUT2D eigenvalue weighted by Gasteiger charge is -2.37. The van der Waals surface area contributed by atoms with Crippen LogP contribution in [0.15, 0.2) is 30.3 Å². The molecule has 0 aliphatic carbocycles. The number of benzene rings is 1. The number of carbonyl (C=O) groups is 1. The molecule has 1 heterocycles. The second-order valence-electron chi connectivity index (χ2n) is 7.05. The minimum absolute atomic E-state index is 0.0610. The van der Waals surface area contributed by atoms with E-state index in [0.29, 0.717) is 6.54 Å². The van der Waals surface area contributed by atoms with Crippen LogP contribution in [0.4, 0.5) is 0 Å². The summed E-state index contributed by atoms with van der Waals surface area (Å²) in [5, 5.41) is 12.5. The van der Waals surface area contributed by atoms with Gasteiger partial charge >= 0.3 is 0 Å². The van der Waals surface area contributed by atoms with E-state index in [2.05, 4.69) is 21.2 Å². The van der Waals surface area contributed by atoms with Crippen LogP contribution in [-0.2, 0) is 4.79 Å². The summed E-state index contributed by atoms with van der Waals surface area (Å²) in [6.07, 6.45) is 0. The number of piperazine rings is 1. The van der Waals surface area contributed by atoms with Crippen molar-refractivity contribution in [3.05, 3.63) is 35.9 Å². The topological polar surface area (TPSA) is 59.4 Å². The van der Waals surface area contributed by atoms with Crippen molar-refractivity contribution in [3.8, 4) is 6.07 Å². The summed E-state index contributed by atoms with van der Waals surface area (Å²) in [6.45, 7) is 9.60. The molecule has 2 rings (SSSR count). The van der Waals surface area contributed by atoms with E-state index in [1.807, 2.05) is 51.1 Å². The number of nitrogens with one attached hydrogen (secondary N) is 1. The van der Waals surface area contributed by atoms with Crippen LogP contribution in [0.2, 0.25) is 0 Å². The van der Waals surface area contributed by atoms with Crippen LogP contribution in [0.3, 0.4) is 0 Å². The number of nitrogens with zero attached hydrogens (tertiary/aromatic N) is 3. The first kappa shape index (κ1) is 17.5. The lowest BCUT2D eigenvalue weighted by atomic mass is 10.1. The third-order valence-corrected chi connectivity index (χ3v) is 3.89. The van der Waals surface area contributed by atoms with Crippen LogP contribution >= 0.6 is 0 Å². The third-order valence-electron chi connectivity index (χ3n) is 3.89. The van der Waals surface area contributed by atoms with Crippen molar-refractivity contribution in [1.82, 2.24) is 15.1 Å². The average Bonchev–Trinajstić information content (AvgIpc) is 2.49. The van der Waals surface area contributed by atoms with Crippen molar-refractivity contribution in [2.75, 3.05) is 32.7 Å². The summed E-state index contributed by atoms with van der Waals surface area (Å²) in [6, 6.07) is 12.1. The molecule has 1 N–H and O–H groups in total. The van der Waals surface area contributed by atoms with Crippen molar-refractivity contribution < 1.29 is 4.79 Å². The molecule has 1 aromatic rings. The normalized spacial score (nSPS) is 18.2. The summed E-state index contributed by atoms with van der Waals surface area (Å²) in [5.41, 5.74) is 0.840. The maximum atomic E-state index is 12.0. The first-order valence-electron chi connectivity index (χ1n) is 8.11. The number of hydrogen-bond acceptors (Lipinski definition) is 4. The second kappa shape index (κ2) is 7.58. The van der Waals surface area contributed by atoms with E-state index >= 15 is 0 Å². The number of carbonyl (C=O) groups excluding carboxylic acids is 1. The fraction of sp³-hybridized carbons (Fsp3) is 0.556. The molecule has 23 heavy (non-hydrogen) atoms. The van der Waals surface area contributed by atoms with Gasteiger partial charge in [0, 0.05) is 31.7 Å². The van der Waals surface area contributed by atoms with Crippen molar-refractivity contribution >= 4 is 5.91 Å². The van der Waals surface area contributed by atoms with Crippen molar-refractivity contribution in [2.45, 2.75) is 32.4 Å². The van der Waals surface area contributed by atoms with Crippen LogP contribution < -0.4 is 5.32 Å². The minimum Gasteiger partial charge on any atom is -0.350 e. The quantitative estimate of drug-likeness (QED) is 0.920. The molecule has 0 unspecified atom stereocenters. The molecule has 1 atom stereocenters. The minimum atomic E-state index is -0.207. The van der Waals surface area contributed by atoms with Crippen LogP contribution in [0.1, 0.15) is 32.4 Å². The Labute approximate surface area is 138 Å². The maximum absolute atomic E-state index is 12.0. The zero-order chi connectivity index (χ0) is 16.9. The lowest BCUT2D eigenvalue weighted by molar-refractivity contribution is -0.124. The first-order valence-corrected chi connectivity index (χ1v) is 8.11. The van der Waals surface area contributed by atoms with Crippen LogP contribution in [0, 0.1) is 11.3 Å². The van der Waals surface area contributed by atoms with Crippen molar-refractivity contribution in [3.63, 3.8) is 0 Å². The number of rotatable bonds is 4. The van der Waals surface area contributed by atoms with Gasteiger partial charge in [0.25, 0.3) is 0 Å². The predicted molar refractivity (Wildman–Crippen MR) is 90.7 cm³/mol. The van der Waals surface area contributed by atoms with Gasteiger partial charge in [0.05, 0.1) is 12.6 Å². The van der Waals surface area contributed by atoms with Crippen LogP contribution in [-0.4, -0.2) is 54.0 Å². The zero-order valence-corrected chi connectivity index (χ0v) is 14.2. The molecule has 1 fully saturated rings. The maximum Gasteiger partial charge on any atom is 0.234 e. The molecule has 0 spiro atoms. The summed E-state index contributed by atoms with van der Waals surface area (Å²) in [7, 11) is 0. The van der Waals surface area contributed by atoms with Crippen LogP contribution in [0.25, 0.3) is 0 Å². The number of hydrogen-bond donors (Lipinski definition) is 1. The fourth-order valence-corrected chi connectivity index (χ4v) is 2.84. The van der Waals surface area contributed by atoms with Gasteiger partial charge in [-0.1, -0.05) is 30.3 Å². The van der Waals surface area contributed by atoms with Gasteiger partial charge in [-0.2, -0.15) is 5.26 Å². The van der Waals surface area contributed by atoms with Gasteiger partial charge in [-0.15, -0.1) is 0 Å². The summed E-state index contributed by atoms with van der Waals surface area (Å²) in [4.78, 5) is 16.3. The molecule has 1 aliphatic rings. The molecular formula is C18H26N4O. The monoisotopic (exact) mass is 314 g/mol. The predicted octanol–water partition coefficient (Wildman–Crippen LogP) is 1.78. The van der Waals surface area contributed by atoms with Crippen molar-refractivity contribution in [2.24, 2.45) is 0 Å². The second-order valence-corrected chi connectivity index (χ2v) is 7.05. The Bertz CT molecular complexity index is 551. The molecule has 1 aromatic carbocycles. The highest BCUT2D eigenvalue weighted by molar-refractivity contribution is 5.78. The number of amides is 1. The van der Waals surface area contributed by atoms with Gasteiger partial charge in [-0.25, -0.2) is 0 Å². The highest BCUT2D eigenvalue weighted by Crippen LogP contribution is 2.21. The SMILES string of the molecule is CC(C)(C)NC(=O)CN1CCN([C@@H](C#N)c2ccccc2)CC1. The highest BCUT2D eigenvalue weighted by Gasteiger charge is 2.26. The molecule has 1 saturated heterocycles. The smallest absolute Gasteiger partial charge is 0.234 e. The zero-order valence-electron chi connectivity index (χ0n) is 14.2. The summed E-state index contributed by atoms with van der Waals surface area (Å²) < 4.78 is 0. The van der Waals surface area contributed by atoms with Crippen LogP contribution in [0.5, 0.6) is 0 Å². The van der Waals surface area contributed by atoms with Gasteiger partial charge in [0.15, 0.2) is 0 Å². The standard InChI is InChI=1S/C18H26N4O/c1-18(2,3)20-17(23)14-21-9-11-22(12-10-21)16(13-19)15-7-5-4-6-8-15/h4-8,16H,9-12,14H2,1-3H3,(H,20,23)/t16-/m0/s1. The van der Waals surface area contributed by atoms with Crippen molar-refractivity contribution in [1.29, 1.82) is 5.26 Å². The molecule has 0 radical (unpaired) electrons. The van der Waals surface area contributed by atoms with Gasteiger partial charge in [-0.3, -0.25) is 14.6 Å². The Balaban J connectivity index is 1.86. The van der Waals surface area contributed by atoms with Gasteiger partial charge in [-0.05, 0) is 26.3 Å². The largest absolute Gasteiger partial charge is 0.350 e. The number of nitriles is 1. The Morgan fingerprint density at radius 1 is 1.22 bits per heavy atom. The molecule has 0 bridgehead atoms. The Kier molecular flexibility index (Phi) is 5.75. The Morgan fingerprint density at radius 2 is 1.83 bits per heavy atom. The molecular weight excluding hydrogens is 288 g/mol. The lowest BCUT2D eigenvalue weighted by Crippen LogP contribution is -2.52. The summed E-state index contributed by atoms with van der Waals surface area (Å²) >= 11 is 0. The summed E-state index contributed by atoms with van der Waals surface area (Å²) in [5.74, 6) is 0.0610. The molecule has 1 amide bonds. The molecule has 124 valence electrons. The fourth-order valence-electron chi connectivity index (χ4n) is 2.84. The van der Waals surface area contributed by atoms with Gasteiger partial charge < -0.3 is 5.32 Å². The van der Waals surface area contributed by atoms with E-state index in [4.69, 9.17) is 0 Å². The molecule has 1 aliphatic heterocycles. The van der Waals surface area contributed by atoms with E-state index in [0.717, 1.165) is 31.7 Å². The van der Waals surface area contributed by atoms with E-state index in [1.165, 1.54) is 0 Å². The van der Waals surface area contributed by atoms with Gasteiger partial charge in [0.1, 0.15) is 6.04 Å². The van der Waals surface area contributed by atoms with E-state index in [9.17, 15) is 10.1 Å². The third kappa shape index (κ3) is 5.34. The molecule has 5 heteroatoms. The Morgan fingerprint density at radius 3 is 2.35 bits per heavy atom. The average molecular weight is 314 g/mol.